The van der Waals surface area contributed by atoms with Crippen LogP contribution in [0.3, 0.4) is 0 Å². The maximum atomic E-state index is 13.9. The van der Waals surface area contributed by atoms with Gasteiger partial charge in [0.1, 0.15) is 16.9 Å². The van der Waals surface area contributed by atoms with Crippen molar-refractivity contribution in [2.75, 3.05) is 13.1 Å². The summed E-state index contributed by atoms with van der Waals surface area (Å²) in [6.45, 7) is 5.64. The zero-order valence-electron chi connectivity index (χ0n) is 12.1. The molecule has 21 heavy (non-hydrogen) atoms. The average Bonchev–Trinajstić information content (AvgIpc) is 2.93. The van der Waals surface area contributed by atoms with Crippen LogP contribution in [0.1, 0.15) is 26.7 Å². The summed E-state index contributed by atoms with van der Waals surface area (Å²) in [5.41, 5.74) is 0. The molecule has 1 heterocycles. The number of halogens is 4. The molecule has 1 aromatic carbocycles. The minimum atomic E-state index is -1.29. The topological polar surface area (TPSA) is 21.3 Å². The van der Waals surface area contributed by atoms with Crippen molar-refractivity contribution in [1.29, 1.82) is 0 Å². The zero-order chi connectivity index (χ0) is 15.6. The van der Waals surface area contributed by atoms with Gasteiger partial charge in [-0.1, -0.05) is 25.4 Å². The molecule has 2 rings (SSSR count). The van der Waals surface area contributed by atoms with Crippen LogP contribution in [-0.2, 0) is 0 Å². The van der Waals surface area contributed by atoms with E-state index in [0.29, 0.717) is 18.4 Å². The van der Waals surface area contributed by atoms with Gasteiger partial charge in [-0.3, -0.25) is 0 Å². The highest BCUT2D eigenvalue weighted by Gasteiger charge is 2.30. The lowest BCUT2D eigenvalue weighted by atomic mass is 9.93. The molecule has 1 saturated heterocycles. The van der Waals surface area contributed by atoms with Gasteiger partial charge in [-0.2, -0.15) is 4.39 Å². The molecule has 2 atom stereocenters. The summed E-state index contributed by atoms with van der Waals surface area (Å²) >= 11 is 5.74. The van der Waals surface area contributed by atoms with Crippen molar-refractivity contribution in [1.82, 2.24) is 5.32 Å². The molecular formula is C15H19ClF3NO. The first-order valence-electron chi connectivity index (χ1n) is 7.10. The second-order valence-electron chi connectivity index (χ2n) is 5.84. The van der Waals surface area contributed by atoms with Gasteiger partial charge in [-0.25, -0.2) is 8.78 Å². The van der Waals surface area contributed by atoms with Gasteiger partial charge in [-0.15, -0.1) is 0 Å². The van der Waals surface area contributed by atoms with E-state index in [0.717, 1.165) is 19.5 Å². The van der Waals surface area contributed by atoms with Crippen LogP contribution >= 0.6 is 11.6 Å². The smallest absolute Gasteiger partial charge is 0.202 e. The van der Waals surface area contributed by atoms with Crippen molar-refractivity contribution in [2.24, 2.45) is 11.8 Å². The van der Waals surface area contributed by atoms with Crippen LogP contribution in [0.2, 0.25) is 5.02 Å². The van der Waals surface area contributed by atoms with Crippen molar-refractivity contribution in [3.05, 3.63) is 28.5 Å². The van der Waals surface area contributed by atoms with Gasteiger partial charge in [-0.05, 0) is 25.3 Å². The van der Waals surface area contributed by atoms with Crippen LogP contribution in [0.15, 0.2) is 6.07 Å². The number of hydrogen-bond acceptors (Lipinski definition) is 2. The van der Waals surface area contributed by atoms with E-state index in [-0.39, 0.29) is 12.0 Å². The molecule has 0 amide bonds. The van der Waals surface area contributed by atoms with Gasteiger partial charge in [0.05, 0.1) is 0 Å². The van der Waals surface area contributed by atoms with E-state index in [2.05, 4.69) is 5.32 Å². The number of ether oxygens (including phenoxy) is 1. The summed E-state index contributed by atoms with van der Waals surface area (Å²) in [4.78, 5) is 0. The van der Waals surface area contributed by atoms with Crippen LogP contribution in [0, 0.1) is 29.3 Å². The fourth-order valence-corrected chi connectivity index (χ4v) is 2.78. The van der Waals surface area contributed by atoms with Gasteiger partial charge in [0.2, 0.25) is 5.82 Å². The minimum absolute atomic E-state index is 0.175. The number of rotatable bonds is 5. The van der Waals surface area contributed by atoms with Gasteiger partial charge in [0, 0.05) is 18.5 Å². The van der Waals surface area contributed by atoms with Crippen LogP contribution < -0.4 is 10.1 Å². The molecule has 0 spiro atoms. The molecule has 1 N–H and O–H groups in total. The first-order valence-corrected chi connectivity index (χ1v) is 7.48. The fraction of sp³-hybridized carbons (Fsp3) is 0.600. The van der Waals surface area contributed by atoms with E-state index in [4.69, 9.17) is 16.3 Å². The van der Waals surface area contributed by atoms with Crippen molar-refractivity contribution in [2.45, 2.75) is 32.8 Å². The molecule has 1 fully saturated rings. The van der Waals surface area contributed by atoms with Crippen molar-refractivity contribution in [3.8, 4) is 5.75 Å². The van der Waals surface area contributed by atoms with Crippen LogP contribution in [-0.4, -0.2) is 19.2 Å². The molecule has 1 aromatic rings. The molecule has 0 radical (unpaired) electrons. The summed E-state index contributed by atoms with van der Waals surface area (Å²) in [6, 6.07) is 0.430. The molecular weight excluding hydrogens is 303 g/mol. The van der Waals surface area contributed by atoms with Crippen molar-refractivity contribution < 1.29 is 17.9 Å². The van der Waals surface area contributed by atoms with Crippen LogP contribution in [0.25, 0.3) is 0 Å². The molecule has 0 unspecified atom stereocenters. The maximum absolute atomic E-state index is 13.9. The molecule has 6 heteroatoms. The van der Waals surface area contributed by atoms with E-state index in [1.807, 2.05) is 13.8 Å². The highest BCUT2D eigenvalue weighted by atomic mass is 35.5. The first kappa shape index (κ1) is 16.4. The van der Waals surface area contributed by atoms with Gasteiger partial charge in [0.25, 0.3) is 0 Å². The minimum Gasteiger partial charge on any atom is -0.485 e. The molecule has 2 nitrogen and oxygen atoms in total. The summed E-state index contributed by atoms with van der Waals surface area (Å²) in [7, 11) is 0. The Kier molecular flexibility index (Phi) is 5.38. The fourth-order valence-electron chi connectivity index (χ4n) is 2.60. The average molecular weight is 322 g/mol. The molecule has 118 valence electrons. The normalized spacial score (nSPS) is 20.0. The van der Waals surface area contributed by atoms with E-state index in [1.54, 1.807) is 0 Å². The van der Waals surface area contributed by atoms with E-state index >= 15 is 0 Å². The molecule has 1 aliphatic heterocycles. The lowest BCUT2D eigenvalue weighted by Crippen LogP contribution is -2.30. The Morgan fingerprint density at radius 2 is 2.05 bits per heavy atom. The first-order chi connectivity index (χ1) is 9.90. The molecule has 0 aliphatic carbocycles. The largest absolute Gasteiger partial charge is 0.485 e. The highest BCUT2D eigenvalue weighted by molar-refractivity contribution is 6.32. The van der Waals surface area contributed by atoms with Gasteiger partial charge >= 0.3 is 0 Å². The third-order valence-corrected chi connectivity index (χ3v) is 4.02. The predicted molar refractivity (Wildman–Crippen MR) is 76.2 cm³/mol. The molecule has 1 aliphatic rings. The van der Waals surface area contributed by atoms with Gasteiger partial charge in [0.15, 0.2) is 11.6 Å². The highest BCUT2D eigenvalue weighted by Crippen LogP contribution is 2.35. The quantitative estimate of drug-likeness (QED) is 0.822. The number of hydrogen-bond donors (Lipinski definition) is 1. The lowest BCUT2D eigenvalue weighted by Gasteiger charge is -2.26. The number of benzene rings is 1. The summed E-state index contributed by atoms with van der Waals surface area (Å²) in [5.74, 6) is -3.57. The Morgan fingerprint density at radius 1 is 1.33 bits per heavy atom. The molecule has 0 aromatic heterocycles. The Balaban J connectivity index is 2.27. The summed E-state index contributed by atoms with van der Waals surface area (Å²) in [5, 5.41) is 2.70. The molecule has 0 saturated carbocycles. The standard InChI is InChI=1S/C15H19ClF3NO/c1-8(2)5-12(9-3-4-20-7-9)21-15-13(16)10(17)6-11(18)14(15)19/h6,8-9,12,20H,3-5,7H2,1-2H3/t9-,12-/m0/s1. The van der Waals surface area contributed by atoms with E-state index in [9.17, 15) is 13.2 Å². The summed E-state index contributed by atoms with van der Waals surface area (Å²) in [6.07, 6.45) is 1.22. The third-order valence-electron chi connectivity index (χ3n) is 3.67. The maximum Gasteiger partial charge on any atom is 0.202 e. The SMILES string of the molecule is CC(C)C[C@H](Oc1c(F)c(F)cc(F)c1Cl)[C@H]1CCNC1. The monoisotopic (exact) mass is 321 g/mol. The second-order valence-corrected chi connectivity index (χ2v) is 6.21. The lowest BCUT2D eigenvalue weighted by molar-refractivity contribution is 0.113. The van der Waals surface area contributed by atoms with E-state index in [1.165, 1.54) is 0 Å². The van der Waals surface area contributed by atoms with Crippen LogP contribution in [0.5, 0.6) is 5.75 Å². The Hall–Kier alpha value is -0.940. The second kappa shape index (κ2) is 6.88. The third kappa shape index (κ3) is 3.83. The Bertz CT molecular complexity index is 478. The zero-order valence-corrected chi connectivity index (χ0v) is 12.8. The molecule has 0 bridgehead atoms. The Labute approximate surface area is 127 Å². The predicted octanol–water partition coefficient (Wildman–Crippen LogP) is 4.16. The van der Waals surface area contributed by atoms with Crippen molar-refractivity contribution >= 4 is 11.6 Å². The number of nitrogens with one attached hydrogen (secondary N) is 1. The summed E-state index contributed by atoms with van der Waals surface area (Å²) < 4.78 is 46.3. The van der Waals surface area contributed by atoms with Gasteiger partial charge < -0.3 is 10.1 Å². The van der Waals surface area contributed by atoms with Crippen molar-refractivity contribution in [3.63, 3.8) is 0 Å². The van der Waals surface area contributed by atoms with Crippen LogP contribution in [0.4, 0.5) is 13.2 Å². The Morgan fingerprint density at radius 3 is 2.62 bits per heavy atom. The van der Waals surface area contributed by atoms with E-state index < -0.39 is 28.2 Å².